The van der Waals surface area contributed by atoms with E-state index < -0.39 is 4.92 Å². The smallest absolute Gasteiger partial charge is 0.270 e. The molecular weight excluding hydrogens is 362 g/mol. The van der Waals surface area contributed by atoms with Gasteiger partial charge in [0.15, 0.2) is 5.00 Å². The fraction of sp³-hybridized carbons (Fsp3) is 0.316. The number of fused-ring (bicyclic) bond motifs is 1. The molecule has 0 aliphatic rings. The standard InChI is InChI=1S/C19H21N5O2S/c1-4-13-11-14(23(5-2)6-3)7-9-17(13)20-21-19-16-12-15(24(25)26)8-10-18(16)22-27-19/h7-12H,4-6H2,1-3H3. The highest BCUT2D eigenvalue weighted by molar-refractivity contribution is 7.11. The van der Waals surface area contributed by atoms with E-state index in [4.69, 9.17) is 0 Å². The molecule has 1 heterocycles. The molecule has 0 fully saturated rings. The number of aromatic nitrogens is 1. The fourth-order valence-electron chi connectivity index (χ4n) is 2.94. The molecule has 140 valence electrons. The third kappa shape index (κ3) is 3.95. The second-order valence-corrected chi connectivity index (χ2v) is 6.74. The fourth-order valence-corrected chi connectivity index (χ4v) is 3.62. The first kappa shape index (κ1) is 18.9. The zero-order chi connectivity index (χ0) is 19.4. The first-order valence-electron chi connectivity index (χ1n) is 8.90. The number of azo groups is 1. The molecule has 0 aliphatic carbocycles. The van der Waals surface area contributed by atoms with Crippen molar-refractivity contribution in [2.75, 3.05) is 18.0 Å². The SMILES string of the molecule is CCc1cc(N(CC)CC)ccc1N=Nc1snc2ccc([N+](=O)[O-])cc12. The van der Waals surface area contributed by atoms with Gasteiger partial charge in [0.05, 0.1) is 16.1 Å². The Morgan fingerprint density at radius 3 is 2.56 bits per heavy atom. The molecule has 8 heteroatoms. The summed E-state index contributed by atoms with van der Waals surface area (Å²) < 4.78 is 4.29. The summed E-state index contributed by atoms with van der Waals surface area (Å²) in [4.78, 5) is 12.9. The van der Waals surface area contributed by atoms with Gasteiger partial charge >= 0.3 is 0 Å². The number of anilines is 1. The van der Waals surface area contributed by atoms with Crippen LogP contribution in [0, 0.1) is 10.1 Å². The minimum absolute atomic E-state index is 0.0250. The minimum atomic E-state index is -0.418. The lowest BCUT2D eigenvalue weighted by molar-refractivity contribution is -0.384. The van der Waals surface area contributed by atoms with Gasteiger partial charge in [0.25, 0.3) is 5.69 Å². The van der Waals surface area contributed by atoms with Gasteiger partial charge in [-0.05, 0) is 61.6 Å². The molecule has 0 spiro atoms. The van der Waals surface area contributed by atoms with Gasteiger partial charge in [0, 0.05) is 36.3 Å². The van der Waals surface area contributed by atoms with E-state index >= 15 is 0 Å². The zero-order valence-corrected chi connectivity index (χ0v) is 16.4. The lowest BCUT2D eigenvalue weighted by Crippen LogP contribution is -2.21. The van der Waals surface area contributed by atoms with Crippen LogP contribution >= 0.6 is 11.5 Å². The Labute approximate surface area is 161 Å². The number of non-ortho nitro benzene ring substituents is 1. The van der Waals surface area contributed by atoms with E-state index in [-0.39, 0.29) is 5.69 Å². The van der Waals surface area contributed by atoms with Crippen LogP contribution in [0.15, 0.2) is 46.6 Å². The highest BCUT2D eigenvalue weighted by Gasteiger charge is 2.12. The van der Waals surface area contributed by atoms with E-state index in [2.05, 4.69) is 52.4 Å². The normalized spacial score (nSPS) is 11.4. The first-order chi connectivity index (χ1) is 13.1. The van der Waals surface area contributed by atoms with Crippen molar-refractivity contribution in [3.8, 4) is 0 Å². The summed E-state index contributed by atoms with van der Waals surface area (Å²) in [5.41, 5.74) is 3.81. The first-order valence-corrected chi connectivity index (χ1v) is 9.68. The Hall–Kier alpha value is -2.87. The van der Waals surface area contributed by atoms with Gasteiger partial charge in [0.2, 0.25) is 0 Å². The number of benzene rings is 2. The summed E-state index contributed by atoms with van der Waals surface area (Å²) in [6.07, 6.45) is 0.846. The van der Waals surface area contributed by atoms with Gasteiger partial charge in [-0.3, -0.25) is 10.1 Å². The van der Waals surface area contributed by atoms with Crippen LogP contribution in [0.4, 0.5) is 22.1 Å². The summed E-state index contributed by atoms with van der Waals surface area (Å²) in [6, 6.07) is 10.8. The summed E-state index contributed by atoms with van der Waals surface area (Å²) in [6.45, 7) is 8.26. The third-order valence-electron chi connectivity index (χ3n) is 4.47. The van der Waals surface area contributed by atoms with Gasteiger partial charge in [-0.15, -0.1) is 10.2 Å². The molecule has 0 saturated heterocycles. The second-order valence-electron chi connectivity index (χ2n) is 5.99. The third-order valence-corrected chi connectivity index (χ3v) is 5.24. The summed E-state index contributed by atoms with van der Waals surface area (Å²) in [7, 11) is 0. The Morgan fingerprint density at radius 1 is 1.11 bits per heavy atom. The van der Waals surface area contributed by atoms with Gasteiger partial charge in [-0.25, -0.2) is 0 Å². The summed E-state index contributed by atoms with van der Waals surface area (Å²) in [5, 5.41) is 21.0. The molecule has 0 N–H and O–H groups in total. The molecule has 0 radical (unpaired) electrons. The van der Waals surface area contributed by atoms with E-state index in [1.807, 2.05) is 6.07 Å². The molecule has 0 aliphatic heterocycles. The number of aryl methyl sites for hydroxylation is 1. The number of hydrogen-bond acceptors (Lipinski definition) is 7. The van der Waals surface area contributed by atoms with Crippen molar-refractivity contribution in [1.29, 1.82) is 0 Å². The lowest BCUT2D eigenvalue weighted by atomic mass is 10.1. The van der Waals surface area contributed by atoms with E-state index in [1.165, 1.54) is 29.4 Å². The molecule has 1 aromatic heterocycles. The summed E-state index contributed by atoms with van der Waals surface area (Å²) >= 11 is 1.19. The second kappa shape index (κ2) is 8.22. The average Bonchev–Trinajstić information content (AvgIpc) is 3.09. The highest BCUT2D eigenvalue weighted by Crippen LogP contribution is 2.35. The van der Waals surface area contributed by atoms with Crippen LogP contribution in [0.1, 0.15) is 26.3 Å². The molecule has 0 saturated carbocycles. The van der Waals surface area contributed by atoms with Crippen molar-refractivity contribution in [2.24, 2.45) is 10.2 Å². The van der Waals surface area contributed by atoms with Gasteiger partial charge in [-0.1, -0.05) is 6.92 Å². The topological polar surface area (TPSA) is 84.0 Å². The van der Waals surface area contributed by atoms with E-state index in [1.54, 1.807) is 6.07 Å². The van der Waals surface area contributed by atoms with Crippen molar-refractivity contribution < 1.29 is 4.92 Å². The predicted molar refractivity (Wildman–Crippen MR) is 110 cm³/mol. The average molecular weight is 383 g/mol. The van der Waals surface area contributed by atoms with Crippen molar-refractivity contribution in [1.82, 2.24) is 4.37 Å². The molecule has 0 amide bonds. The van der Waals surface area contributed by atoms with Gasteiger partial charge in [-0.2, -0.15) is 4.37 Å². The summed E-state index contributed by atoms with van der Waals surface area (Å²) in [5.74, 6) is 0. The van der Waals surface area contributed by atoms with E-state index in [0.29, 0.717) is 15.9 Å². The van der Waals surface area contributed by atoms with Crippen LogP contribution in [-0.4, -0.2) is 22.4 Å². The predicted octanol–water partition coefficient (Wildman–Crippen LogP) is 6.03. The number of rotatable bonds is 7. The molecule has 0 atom stereocenters. The largest absolute Gasteiger partial charge is 0.372 e. The van der Waals surface area contributed by atoms with Crippen LogP contribution in [0.3, 0.4) is 0 Å². The van der Waals surface area contributed by atoms with Crippen LogP contribution in [0.2, 0.25) is 0 Å². The van der Waals surface area contributed by atoms with Crippen molar-refractivity contribution in [3.05, 3.63) is 52.1 Å². The van der Waals surface area contributed by atoms with Crippen LogP contribution in [0.5, 0.6) is 0 Å². The van der Waals surface area contributed by atoms with Crippen molar-refractivity contribution in [2.45, 2.75) is 27.2 Å². The highest BCUT2D eigenvalue weighted by atomic mass is 32.1. The van der Waals surface area contributed by atoms with Gasteiger partial charge in [0.1, 0.15) is 0 Å². The maximum Gasteiger partial charge on any atom is 0.270 e. The zero-order valence-electron chi connectivity index (χ0n) is 15.5. The quantitative estimate of drug-likeness (QED) is 0.283. The minimum Gasteiger partial charge on any atom is -0.372 e. The maximum absolute atomic E-state index is 11.0. The number of nitro benzene ring substituents is 1. The Balaban J connectivity index is 1.95. The van der Waals surface area contributed by atoms with Crippen LogP contribution in [0.25, 0.3) is 10.9 Å². The van der Waals surface area contributed by atoms with Crippen molar-refractivity contribution in [3.63, 3.8) is 0 Å². The molecular formula is C19H21N5O2S. The molecule has 3 rings (SSSR count). The number of nitro groups is 1. The van der Waals surface area contributed by atoms with Crippen LogP contribution in [-0.2, 0) is 6.42 Å². The van der Waals surface area contributed by atoms with Gasteiger partial charge < -0.3 is 4.90 Å². The van der Waals surface area contributed by atoms with E-state index in [9.17, 15) is 10.1 Å². The number of nitrogens with zero attached hydrogens (tertiary/aromatic N) is 5. The van der Waals surface area contributed by atoms with E-state index in [0.717, 1.165) is 30.8 Å². The molecule has 0 bridgehead atoms. The molecule has 0 unspecified atom stereocenters. The lowest BCUT2D eigenvalue weighted by Gasteiger charge is -2.22. The molecule has 2 aromatic carbocycles. The monoisotopic (exact) mass is 383 g/mol. The molecule has 27 heavy (non-hydrogen) atoms. The Bertz CT molecular complexity index is 995. The maximum atomic E-state index is 11.0. The molecule has 3 aromatic rings. The number of hydrogen-bond donors (Lipinski definition) is 0. The van der Waals surface area contributed by atoms with Crippen molar-refractivity contribution >= 4 is 44.5 Å². The Kier molecular flexibility index (Phi) is 5.75. The molecule has 7 nitrogen and oxygen atoms in total. The van der Waals surface area contributed by atoms with Crippen LogP contribution < -0.4 is 4.90 Å². The Morgan fingerprint density at radius 2 is 1.89 bits per heavy atom.